The van der Waals surface area contributed by atoms with Gasteiger partial charge in [-0.3, -0.25) is 9.48 Å². The van der Waals surface area contributed by atoms with E-state index in [0.29, 0.717) is 18.3 Å². The molecule has 0 spiro atoms. The van der Waals surface area contributed by atoms with Crippen molar-refractivity contribution in [3.63, 3.8) is 0 Å². The summed E-state index contributed by atoms with van der Waals surface area (Å²) in [4.78, 5) is 13.2. The number of aryl methyl sites for hydroxylation is 1. The molecule has 0 atom stereocenters. The average molecular weight is 279 g/mol. The molecule has 1 saturated heterocycles. The highest BCUT2D eigenvalue weighted by atomic mass is 16.1. The van der Waals surface area contributed by atoms with Crippen LogP contribution in [0.5, 0.6) is 0 Å². The fourth-order valence-electron chi connectivity index (χ4n) is 2.99. The minimum Gasteiger partial charge on any atom is -0.394 e. The molecule has 0 aromatic carbocycles. The van der Waals surface area contributed by atoms with E-state index in [-0.39, 0.29) is 5.91 Å². The first kappa shape index (κ1) is 14.7. The maximum absolute atomic E-state index is 11.0. The van der Waals surface area contributed by atoms with Crippen molar-refractivity contribution in [2.75, 3.05) is 23.7 Å². The van der Waals surface area contributed by atoms with Crippen molar-refractivity contribution >= 4 is 17.4 Å². The van der Waals surface area contributed by atoms with E-state index in [1.54, 1.807) is 0 Å². The van der Waals surface area contributed by atoms with E-state index >= 15 is 0 Å². The quantitative estimate of drug-likeness (QED) is 0.867. The van der Waals surface area contributed by atoms with Crippen LogP contribution in [0.25, 0.3) is 0 Å². The molecule has 20 heavy (non-hydrogen) atoms. The van der Waals surface area contributed by atoms with Crippen molar-refractivity contribution in [1.29, 1.82) is 0 Å². The largest absolute Gasteiger partial charge is 0.394 e. The van der Waals surface area contributed by atoms with Crippen LogP contribution in [0.15, 0.2) is 0 Å². The number of anilines is 2. The first-order chi connectivity index (χ1) is 9.40. The number of nitrogens with two attached hydrogens (primary N) is 2. The summed E-state index contributed by atoms with van der Waals surface area (Å²) < 4.78 is 1.87. The van der Waals surface area contributed by atoms with Crippen LogP contribution in [-0.2, 0) is 11.8 Å². The zero-order valence-corrected chi connectivity index (χ0v) is 12.6. The van der Waals surface area contributed by atoms with Gasteiger partial charge in [0, 0.05) is 26.6 Å². The number of nitrogens with zero attached hydrogens (tertiary/aromatic N) is 3. The van der Waals surface area contributed by atoms with Gasteiger partial charge in [0.15, 0.2) is 0 Å². The number of hydrogen-bond donors (Lipinski definition) is 2. The molecule has 2 heterocycles. The molecule has 1 aliphatic rings. The van der Waals surface area contributed by atoms with Gasteiger partial charge in [0.2, 0.25) is 5.91 Å². The van der Waals surface area contributed by atoms with Crippen molar-refractivity contribution in [2.45, 2.75) is 39.0 Å². The smallest absolute Gasteiger partial charge is 0.217 e. The molecule has 6 heteroatoms. The molecule has 0 saturated carbocycles. The lowest BCUT2D eigenvalue weighted by Gasteiger charge is -2.33. The number of primary amides is 1. The van der Waals surface area contributed by atoms with Gasteiger partial charge in [-0.05, 0) is 24.7 Å². The second-order valence-corrected chi connectivity index (χ2v) is 6.00. The fourth-order valence-corrected chi connectivity index (χ4v) is 2.99. The van der Waals surface area contributed by atoms with Crippen molar-refractivity contribution in [3.05, 3.63) is 5.69 Å². The van der Waals surface area contributed by atoms with E-state index in [0.717, 1.165) is 43.1 Å². The Morgan fingerprint density at radius 3 is 2.45 bits per heavy atom. The number of nitrogen functional groups attached to an aromatic ring is 1. The molecule has 0 radical (unpaired) electrons. The Hall–Kier alpha value is -1.72. The van der Waals surface area contributed by atoms with Crippen LogP contribution in [-0.4, -0.2) is 28.8 Å². The van der Waals surface area contributed by atoms with E-state index in [1.165, 1.54) is 0 Å². The number of carbonyl (C=O) groups is 1. The van der Waals surface area contributed by atoms with Gasteiger partial charge in [0.05, 0.1) is 11.4 Å². The van der Waals surface area contributed by atoms with Crippen LogP contribution < -0.4 is 16.4 Å². The zero-order chi connectivity index (χ0) is 14.9. The molecule has 0 aliphatic carbocycles. The second-order valence-electron chi connectivity index (χ2n) is 6.00. The number of carbonyl (C=O) groups excluding carboxylic acids is 1. The van der Waals surface area contributed by atoms with E-state index < -0.39 is 0 Å². The van der Waals surface area contributed by atoms with Crippen LogP contribution >= 0.6 is 0 Å². The van der Waals surface area contributed by atoms with Crippen molar-refractivity contribution in [1.82, 2.24) is 9.78 Å². The SMILES string of the molecule is CC(C)c1nn(C)c(N2CCC(CC(N)=O)CC2)c1N. The van der Waals surface area contributed by atoms with E-state index in [1.807, 2.05) is 11.7 Å². The van der Waals surface area contributed by atoms with Gasteiger partial charge in [-0.2, -0.15) is 5.10 Å². The number of piperidine rings is 1. The Kier molecular flexibility index (Phi) is 4.20. The third-order valence-electron chi connectivity index (χ3n) is 4.03. The average Bonchev–Trinajstić information content (AvgIpc) is 2.66. The van der Waals surface area contributed by atoms with Crippen LogP contribution in [0, 0.1) is 5.92 Å². The summed E-state index contributed by atoms with van der Waals surface area (Å²) in [5, 5.41) is 4.53. The second kappa shape index (κ2) is 5.73. The van der Waals surface area contributed by atoms with Gasteiger partial charge < -0.3 is 16.4 Å². The lowest BCUT2D eigenvalue weighted by molar-refractivity contribution is -0.119. The Balaban J connectivity index is 2.09. The lowest BCUT2D eigenvalue weighted by atomic mass is 9.93. The molecule has 0 bridgehead atoms. The van der Waals surface area contributed by atoms with Crippen LogP contribution in [0.1, 0.15) is 44.7 Å². The summed E-state index contributed by atoms with van der Waals surface area (Å²) in [6.07, 6.45) is 2.45. The molecule has 112 valence electrons. The third-order valence-corrected chi connectivity index (χ3v) is 4.03. The minimum atomic E-state index is -0.203. The Morgan fingerprint density at radius 1 is 1.40 bits per heavy atom. The van der Waals surface area contributed by atoms with Gasteiger partial charge in [-0.25, -0.2) is 0 Å². The van der Waals surface area contributed by atoms with Gasteiger partial charge in [0.25, 0.3) is 0 Å². The van der Waals surface area contributed by atoms with E-state index in [2.05, 4.69) is 23.8 Å². The molecule has 6 nitrogen and oxygen atoms in total. The summed E-state index contributed by atoms with van der Waals surface area (Å²) in [5.74, 6) is 1.53. The first-order valence-corrected chi connectivity index (χ1v) is 7.25. The summed E-state index contributed by atoms with van der Waals surface area (Å²) in [7, 11) is 1.94. The Labute approximate surface area is 120 Å². The van der Waals surface area contributed by atoms with Gasteiger partial charge >= 0.3 is 0 Å². The predicted molar refractivity (Wildman–Crippen MR) is 80.5 cm³/mol. The Bertz CT molecular complexity index is 486. The third kappa shape index (κ3) is 2.89. The summed E-state index contributed by atoms with van der Waals surface area (Å²) >= 11 is 0. The van der Waals surface area contributed by atoms with E-state index in [4.69, 9.17) is 11.5 Å². The highest BCUT2D eigenvalue weighted by Crippen LogP contribution is 2.33. The van der Waals surface area contributed by atoms with Gasteiger partial charge in [-0.1, -0.05) is 13.8 Å². The van der Waals surface area contributed by atoms with Crippen LogP contribution in [0.2, 0.25) is 0 Å². The maximum atomic E-state index is 11.0. The molecule has 4 N–H and O–H groups in total. The Morgan fingerprint density at radius 2 is 2.00 bits per heavy atom. The summed E-state index contributed by atoms with van der Waals surface area (Å²) in [6, 6.07) is 0. The van der Waals surface area contributed by atoms with E-state index in [9.17, 15) is 4.79 Å². The zero-order valence-electron chi connectivity index (χ0n) is 12.6. The highest BCUT2D eigenvalue weighted by Gasteiger charge is 2.26. The number of hydrogen-bond acceptors (Lipinski definition) is 4. The fraction of sp³-hybridized carbons (Fsp3) is 0.714. The summed E-state index contributed by atoms with van der Waals surface area (Å²) in [6.45, 7) is 6.00. The van der Waals surface area contributed by atoms with Crippen molar-refractivity contribution < 1.29 is 4.79 Å². The monoisotopic (exact) mass is 279 g/mol. The normalized spacial score (nSPS) is 16.9. The van der Waals surface area contributed by atoms with Crippen LogP contribution in [0.3, 0.4) is 0 Å². The minimum absolute atomic E-state index is 0.203. The molecule has 2 rings (SSSR count). The number of amides is 1. The highest BCUT2D eigenvalue weighted by molar-refractivity contribution is 5.74. The van der Waals surface area contributed by atoms with Crippen LogP contribution in [0.4, 0.5) is 11.5 Å². The standard InChI is InChI=1S/C14H25N5O/c1-9(2)13-12(16)14(18(3)17-13)19-6-4-10(5-7-19)8-11(15)20/h9-10H,4-8,16H2,1-3H3,(H2,15,20). The molecule has 1 aromatic heterocycles. The molecule has 1 aromatic rings. The first-order valence-electron chi connectivity index (χ1n) is 7.25. The molecular weight excluding hydrogens is 254 g/mol. The maximum Gasteiger partial charge on any atom is 0.217 e. The van der Waals surface area contributed by atoms with Gasteiger partial charge in [-0.15, -0.1) is 0 Å². The van der Waals surface area contributed by atoms with Crippen molar-refractivity contribution in [3.8, 4) is 0 Å². The lowest BCUT2D eigenvalue weighted by Crippen LogP contribution is -2.36. The van der Waals surface area contributed by atoms with Crippen molar-refractivity contribution in [2.24, 2.45) is 18.7 Å². The number of rotatable bonds is 4. The molecule has 1 fully saturated rings. The summed E-state index contributed by atoms with van der Waals surface area (Å²) in [5.41, 5.74) is 13.3. The molecule has 1 aliphatic heterocycles. The predicted octanol–water partition coefficient (Wildman–Crippen LogP) is 1.22. The number of aromatic nitrogens is 2. The van der Waals surface area contributed by atoms with Gasteiger partial charge in [0.1, 0.15) is 5.82 Å². The molecular formula is C14H25N5O. The molecule has 1 amide bonds. The topological polar surface area (TPSA) is 90.2 Å². The molecule has 0 unspecified atom stereocenters.